The normalized spacial score (nSPS) is 7.71. The van der Waals surface area contributed by atoms with Crippen molar-refractivity contribution in [1.29, 1.82) is 0 Å². The molecule has 0 aromatic carbocycles. The van der Waals surface area contributed by atoms with Crippen molar-refractivity contribution in [2.45, 2.75) is 6.92 Å². The molecule has 0 saturated carbocycles. The summed E-state index contributed by atoms with van der Waals surface area (Å²) in [5, 5.41) is 0. The molecule has 0 aromatic rings. The van der Waals surface area contributed by atoms with Crippen LogP contribution in [0.4, 0.5) is 0 Å². The molecule has 0 heterocycles. The van der Waals surface area contributed by atoms with Gasteiger partial charge in [-0.25, -0.2) is 0 Å². The third-order valence-electron chi connectivity index (χ3n) is 0.496. The fourth-order valence-electron chi connectivity index (χ4n) is 0.129. The number of hydrogen-bond donors (Lipinski definition) is 1. The van der Waals surface area contributed by atoms with Crippen molar-refractivity contribution in [2.75, 3.05) is 0 Å². The van der Waals surface area contributed by atoms with E-state index in [0.29, 0.717) is 0 Å². The van der Waals surface area contributed by atoms with Gasteiger partial charge in [-0.2, -0.15) is 0 Å². The minimum absolute atomic E-state index is 0.127. The number of carbonyl (C=O) groups excluding carboxylic acids is 1. The minimum atomic E-state index is -0.127. The van der Waals surface area contributed by atoms with Gasteiger partial charge in [-0.15, -0.1) is 0 Å². The number of amides is 1. The van der Waals surface area contributed by atoms with E-state index in [1.807, 2.05) is 0 Å². The van der Waals surface area contributed by atoms with Gasteiger partial charge in [-0.05, 0) is 0 Å². The minimum Gasteiger partial charge on any atom is -0.274 e. The maximum Gasteiger partial charge on any atom is 0.233 e. The first-order valence-electron chi connectivity index (χ1n) is 1.79. The van der Waals surface area contributed by atoms with Crippen LogP contribution in [0.2, 0.25) is 0 Å². The maximum atomic E-state index is 10.2. The molecule has 1 amide bonds. The molecular weight excluding hydrogens is 110 g/mol. The van der Waals surface area contributed by atoms with Gasteiger partial charge >= 0.3 is 0 Å². The Kier molecular flexibility index (Phi) is 2.52. The molecule has 3 heteroatoms. The molecular formula is C4H7NOS. The average Bonchev–Trinajstić information content (AvgIpc) is 1.65. The van der Waals surface area contributed by atoms with Crippen LogP contribution >= 0.6 is 12.8 Å². The Morgan fingerprint density at radius 2 is 2.43 bits per heavy atom. The Morgan fingerprint density at radius 1 is 2.00 bits per heavy atom. The zero-order valence-corrected chi connectivity index (χ0v) is 4.98. The van der Waals surface area contributed by atoms with Crippen LogP contribution in [-0.4, -0.2) is 10.2 Å². The van der Waals surface area contributed by atoms with Crippen LogP contribution < -0.4 is 0 Å². The number of carbonyl (C=O) groups is 1. The molecule has 0 aliphatic carbocycles. The van der Waals surface area contributed by atoms with Crippen molar-refractivity contribution in [3.8, 4) is 0 Å². The van der Waals surface area contributed by atoms with Crippen molar-refractivity contribution in [1.82, 2.24) is 4.31 Å². The average molecular weight is 117 g/mol. The first kappa shape index (κ1) is 6.56. The van der Waals surface area contributed by atoms with E-state index >= 15 is 0 Å². The summed E-state index contributed by atoms with van der Waals surface area (Å²) in [6, 6.07) is 0. The summed E-state index contributed by atoms with van der Waals surface area (Å²) in [5.74, 6) is -0.127. The summed E-state index contributed by atoms with van der Waals surface area (Å²) in [5.41, 5.74) is 0. The summed E-state index contributed by atoms with van der Waals surface area (Å²) in [6.07, 6.45) is 1.34. The maximum absolute atomic E-state index is 10.2. The van der Waals surface area contributed by atoms with Crippen molar-refractivity contribution in [3.63, 3.8) is 0 Å². The first-order chi connectivity index (χ1) is 3.18. The van der Waals surface area contributed by atoms with Gasteiger partial charge in [0, 0.05) is 13.1 Å². The molecule has 0 unspecified atom stereocenters. The third kappa shape index (κ3) is 2.28. The van der Waals surface area contributed by atoms with Gasteiger partial charge in [-0.1, -0.05) is 19.4 Å². The van der Waals surface area contributed by atoms with Crippen LogP contribution in [0.3, 0.4) is 0 Å². The lowest BCUT2D eigenvalue weighted by molar-refractivity contribution is -0.122. The highest BCUT2D eigenvalue weighted by Crippen LogP contribution is 1.90. The van der Waals surface area contributed by atoms with Gasteiger partial charge in [-0.3, -0.25) is 9.10 Å². The highest BCUT2D eigenvalue weighted by atomic mass is 32.1. The van der Waals surface area contributed by atoms with Gasteiger partial charge in [0.1, 0.15) is 0 Å². The lowest BCUT2D eigenvalue weighted by Crippen LogP contribution is -2.09. The van der Waals surface area contributed by atoms with Crippen molar-refractivity contribution >= 4 is 18.7 Å². The van der Waals surface area contributed by atoms with Crippen LogP contribution in [0, 0.1) is 0 Å². The molecule has 0 saturated heterocycles. The van der Waals surface area contributed by atoms with E-state index < -0.39 is 0 Å². The van der Waals surface area contributed by atoms with E-state index in [2.05, 4.69) is 19.4 Å². The largest absolute Gasteiger partial charge is 0.274 e. The molecule has 0 aromatic heterocycles. The lowest BCUT2D eigenvalue weighted by Gasteiger charge is -2.02. The Bertz CT molecular complexity index is 91.7. The molecule has 40 valence electrons. The van der Waals surface area contributed by atoms with Crippen molar-refractivity contribution in [2.24, 2.45) is 0 Å². The molecule has 0 fully saturated rings. The standard InChI is InChI=1S/C4H7NOS/c1-3-5(7)4(2)6/h3,7H,1H2,2H3. The summed E-state index contributed by atoms with van der Waals surface area (Å²) in [7, 11) is 0. The van der Waals surface area contributed by atoms with E-state index in [4.69, 9.17) is 0 Å². The molecule has 2 nitrogen and oxygen atoms in total. The Balaban J connectivity index is 3.55. The zero-order chi connectivity index (χ0) is 5.86. The SMILES string of the molecule is C=CN(S)C(C)=O. The van der Waals surface area contributed by atoms with Crippen molar-refractivity contribution in [3.05, 3.63) is 12.8 Å². The smallest absolute Gasteiger partial charge is 0.233 e. The van der Waals surface area contributed by atoms with Gasteiger partial charge in [0.25, 0.3) is 0 Å². The topological polar surface area (TPSA) is 20.3 Å². The van der Waals surface area contributed by atoms with E-state index in [-0.39, 0.29) is 5.91 Å². The molecule has 0 radical (unpaired) electrons. The number of nitrogens with zero attached hydrogens (tertiary/aromatic N) is 1. The second-order valence-electron chi connectivity index (χ2n) is 1.05. The molecule has 0 atom stereocenters. The molecule has 0 N–H and O–H groups in total. The summed E-state index contributed by atoms with van der Waals surface area (Å²) in [6.45, 7) is 4.72. The van der Waals surface area contributed by atoms with Gasteiger partial charge in [0.05, 0.1) is 0 Å². The van der Waals surface area contributed by atoms with Crippen LogP contribution in [0.5, 0.6) is 0 Å². The molecule has 7 heavy (non-hydrogen) atoms. The lowest BCUT2D eigenvalue weighted by atomic mass is 10.7. The summed E-state index contributed by atoms with van der Waals surface area (Å²) >= 11 is 3.69. The van der Waals surface area contributed by atoms with Crippen LogP contribution in [0.15, 0.2) is 12.8 Å². The number of rotatable bonds is 1. The monoisotopic (exact) mass is 117 g/mol. The van der Waals surface area contributed by atoms with E-state index in [0.717, 1.165) is 4.31 Å². The second-order valence-corrected chi connectivity index (χ2v) is 1.48. The highest BCUT2D eigenvalue weighted by Gasteiger charge is 1.92. The van der Waals surface area contributed by atoms with E-state index in [9.17, 15) is 4.79 Å². The molecule has 0 rings (SSSR count). The Hall–Kier alpha value is -0.440. The fraction of sp³-hybridized carbons (Fsp3) is 0.250. The van der Waals surface area contributed by atoms with Crippen molar-refractivity contribution < 1.29 is 4.79 Å². The molecule has 0 aliphatic heterocycles. The van der Waals surface area contributed by atoms with Crippen LogP contribution in [-0.2, 0) is 4.79 Å². The summed E-state index contributed by atoms with van der Waals surface area (Å²) < 4.78 is 1.11. The predicted molar refractivity (Wildman–Crippen MR) is 31.7 cm³/mol. The quantitative estimate of drug-likeness (QED) is 0.504. The van der Waals surface area contributed by atoms with Gasteiger partial charge in [0.15, 0.2) is 0 Å². The highest BCUT2D eigenvalue weighted by molar-refractivity contribution is 7.78. The fourth-order valence-corrected chi connectivity index (χ4v) is 0.129. The predicted octanol–water partition coefficient (Wildman–Crippen LogP) is 0.823. The molecule has 0 bridgehead atoms. The number of hydrogen-bond acceptors (Lipinski definition) is 2. The second kappa shape index (κ2) is 2.69. The third-order valence-corrected chi connectivity index (χ3v) is 0.941. The van der Waals surface area contributed by atoms with Crippen LogP contribution in [0.1, 0.15) is 6.92 Å². The zero-order valence-electron chi connectivity index (χ0n) is 4.09. The van der Waals surface area contributed by atoms with Crippen LogP contribution in [0.25, 0.3) is 0 Å². The van der Waals surface area contributed by atoms with Gasteiger partial charge in [0.2, 0.25) is 5.91 Å². The van der Waals surface area contributed by atoms with Gasteiger partial charge < -0.3 is 0 Å². The summed E-state index contributed by atoms with van der Waals surface area (Å²) in [4.78, 5) is 10.2. The molecule has 0 aliphatic rings. The number of thiol groups is 1. The van der Waals surface area contributed by atoms with E-state index in [1.165, 1.54) is 13.1 Å². The van der Waals surface area contributed by atoms with E-state index in [1.54, 1.807) is 0 Å². The Morgan fingerprint density at radius 3 is 2.43 bits per heavy atom. The Labute approximate surface area is 48.4 Å². The first-order valence-corrected chi connectivity index (χ1v) is 2.19. The molecule has 0 spiro atoms.